The number of aromatic nitrogens is 5. The number of benzene rings is 7. The van der Waals surface area contributed by atoms with Crippen molar-refractivity contribution in [3.05, 3.63) is 205 Å². The number of rotatable bonds is 8. The molecule has 10 rings (SSSR count). The Balaban J connectivity index is 1.17. The molecule has 7 aromatic carbocycles. The third kappa shape index (κ3) is 8.45. The average Bonchev–Trinajstić information content (AvgIpc) is 3.91. The van der Waals surface area contributed by atoms with Crippen LogP contribution in [-0.4, -0.2) is 19.2 Å². The summed E-state index contributed by atoms with van der Waals surface area (Å²) in [6, 6.07) is 62.1. The summed E-state index contributed by atoms with van der Waals surface area (Å²) in [5.41, 5.74) is 12.5. The Labute approximate surface area is 394 Å². The predicted octanol–water partition coefficient (Wildman–Crippen LogP) is 15.1. The van der Waals surface area contributed by atoms with Crippen LogP contribution in [0.25, 0.3) is 72.6 Å². The molecule has 6 nitrogen and oxygen atoms in total. The second-order valence-electron chi connectivity index (χ2n) is 20.7. The van der Waals surface area contributed by atoms with Crippen LogP contribution in [0.5, 0.6) is 11.5 Å². The molecule has 3 heterocycles. The average molecular weight is 876 g/mol. The van der Waals surface area contributed by atoms with Crippen LogP contribution in [0.1, 0.15) is 79.0 Å². The minimum atomic E-state index is -0.211. The van der Waals surface area contributed by atoms with Crippen LogP contribution in [0.15, 0.2) is 182 Å². The Morgan fingerprint density at radius 1 is 0.478 bits per heavy atom. The second kappa shape index (κ2) is 16.7. The SMILES string of the molecule is CC(C)(C)c1cccc(-c2n[n+](-c3c(-c4ccccc4)cccc3-c3ccccc3)[c-]n2-c2cc(Oc3ccc4c5ccccc5n(-c5cc(C(C)(C)C)ccn5)c4c3)cc(C(C)(C)C)c2)c1. The molecule has 0 aliphatic heterocycles. The van der Waals surface area contributed by atoms with Gasteiger partial charge in [-0.05, 0) is 97.7 Å². The van der Waals surface area contributed by atoms with E-state index in [9.17, 15) is 0 Å². The van der Waals surface area contributed by atoms with E-state index in [1.54, 1.807) is 0 Å². The standard InChI is InChI=1S/C61H57N5O/c1-59(2,3)44-25-18-24-43(34-44)58-63-65(57-50(41-20-12-10-13-21-41)27-19-28-51(57)42-22-14-11-15-23-42)40-64(58)47-35-46(61(7,8)9)36-49(38-47)67-48-30-31-53-52-26-16-17-29-54(52)66(55(53)39-48)56-37-45(32-33-62-56)60(4,5)6/h10-39H,1-9H3. The van der Waals surface area contributed by atoms with Crippen LogP contribution in [0.2, 0.25) is 0 Å². The highest BCUT2D eigenvalue weighted by Gasteiger charge is 2.25. The second-order valence-corrected chi connectivity index (χ2v) is 20.7. The summed E-state index contributed by atoms with van der Waals surface area (Å²) >= 11 is 0. The normalized spacial score (nSPS) is 12.3. The molecule has 332 valence electrons. The first kappa shape index (κ1) is 43.3. The van der Waals surface area contributed by atoms with Crippen LogP contribution in [0.4, 0.5) is 0 Å². The molecule has 0 fully saturated rings. The lowest BCUT2D eigenvalue weighted by molar-refractivity contribution is -0.659. The maximum Gasteiger partial charge on any atom is 0.273 e. The quantitative estimate of drug-likeness (QED) is 0.113. The van der Waals surface area contributed by atoms with Crippen molar-refractivity contribution >= 4 is 21.8 Å². The van der Waals surface area contributed by atoms with E-state index >= 15 is 0 Å². The van der Waals surface area contributed by atoms with Gasteiger partial charge in [-0.25, -0.2) is 4.98 Å². The molecule has 0 radical (unpaired) electrons. The number of para-hydroxylation sites is 2. The van der Waals surface area contributed by atoms with Crippen molar-refractivity contribution in [1.82, 2.24) is 19.2 Å². The Bertz CT molecular complexity index is 3370. The smallest absolute Gasteiger partial charge is 0.273 e. The fourth-order valence-electron chi connectivity index (χ4n) is 8.98. The molecule has 0 saturated heterocycles. The maximum absolute atomic E-state index is 7.02. The summed E-state index contributed by atoms with van der Waals surface area (Å²) < 4.78 is 13.3. The van der Waals surface area contributed by atoms with Gasteiger partial charge in [0.1, 0.15) is 17.3 Å². The van der Waals surface area contributed by atoms with E-state index in [0.29, 0.717) is 0 Å². The first-order chi connectivity index (χ1) is 32.1. The molecule has 0 saturated carbocycles. The highest BCUT2D eigenvalue weighted by molar-refractivity contribution is 6.09. The zero-order valence-electron chi connectivity index (χ0n) is 40.0. The molecular formula is C61H57N5O. The van der Waals surface area contributed by atoms with Crippen LogP contribution in [0, 0.1) is 6.33 Å². The highest BCUT2D eigenvalue weighted by Crippen LogP contribution is 2.39. The van der Waals surface area contributed by atoms with Crippen molar-refractivity contribution in [2.75, 3.05) is 0 Å². The van der Waals surface area contributed by atoms with Crippen molar-refractivity contribution in [3.63, 3.8) is 0 Å². The Hall–Kier alpha value is -7.57. The van der Waals surface area contributed by atoms with Gasteiger partial charge in [-0.15, -0.1) is 5.10 Å². The Morgan fingerprint density at radius 3 is 1.75 bits per heavy atom. The van der Waals surface area contributed by atoms with Gasteiger partial charge in [-0.1, -0.05) is 190 Å². The molecule has 0 amide bonds. The third-order valence-electron chi connectivity index (χ3n) is 12.7. The Kier molecular flexibility index (Phi) is 10.8. The lowest BCUT2D eigenvalue weighted by Gasteiger charge is -2.22. The summed E-state index contributed by atoms with van der Waals surface area (Å²) in [6.07, 6.45) is 5.72. The van der Waals surface area contributed by atoms with E-state index in [-0.39, 0.29) is 16.2 Å². The molecule has 0 bridgehead atoms. The molecule has 0 aliphatic rings. The van der Waals surface area contributed by atoms with Gasteiger partial charge in [0.05, 0.1) is 22.4 Å². The first-order valence-corrected chi connectivity index (χ1v) is 23.2. The van der Waals surface area contributed by atoms with Crippen molar-refractivity contribution in [2.45, 2.75) is 78.6 Å². The third-order valence-corrected chi connectivity index (χ3v) is 12.7. The van der Waals surface area contributed by atoms with Gasteiger partial charge in [-0.3, -0.25) is 9.13 Å². The topological polar surface area (TPSA) is 48.8 Å². The van der Waals surface area contributed by atoms with Crippen LogP contribution >= 0.6 is 0 Å². The number of nitrogens with zero attached hydrogens (tertiary/aromatic N) is 5. The molecule has 0 N–H and O–H groups in total. The Morgan fingerprint density at radius 2 is 1.07 bits per heavy atom. The van der Waals surface area contributed by atoms with Gasteiger partial charge < -0.3 is 4.74 Å². The minimum absolute atomic E-state index is 0.0306. The predicted molar refractivity (Wildman–Crippen MR) is 275 cm³/mol. The number of pyridine rings is 1. The lowest BCUT2D eigenvalue weighted by atomic mass is 9.86. The zero-order chi connectivity index (χ0) is 46.7. The van der Waals surface area contributed by atoms with Gasteiger partial charge >= 0.3 is 0 Å². The van der Waals surface area contributed by atoms with Crippen molar-refractivity contribution < 1.29 is 9.42 Å². The molecule has 0 atom stereocenters. The van der Waals surface area contributed by atoms with E-state index < -0.39 is 0 Å². The van der Waals surface area contributed by atoms with E-state index in [0.717, 1.165) is 84.3 Å². The highest BCUT2D eigenvalue weighted by atomic mass is 16.5. The summed E-state index contributed by atoms with van der Waals surface area (Å²) in [5, 5.41) is 7.82. The summed E-state index contributed by atoms with van der Waals surface area (Å²) in [4.78, 5) is 4.92. The van der Waals surface area contributed by atoms with Crippen LogP contribution in [0.3, 0.4) is 0 Å². The first-order valence-electron chi connectivity index (χ1n) is 23.2. The minimum Gasteiger partial charge on any atom is -0.458 e. The molecule has 3 aromatic heterocycles. The van der Waals surface area contributed by atoms with Gasteiger partial charge in [0.25, 0.3) is 6.33 Å². The fourth-order valence-corrected chi connectivity index (χ4v) is 8.98. The van der Waals surface area contributed by atoms with E-state index in [1.165, 1.54) is 16.5 Å². The van der Waals surface area contributed by atoms with Gasteiger partial charge in [0, 0.05) is 28.6 Å². The lowest BCUT2D eigenvalue weighted by Crippen LogP contribution is -2.34. The van der Waals surface area contributed by atoms with Crippen LogP contribution < -0.4 is 9.42 Å². The largest absolute Gasteiger partial charge is 0.458 e. The molecule has 10 aromatic rings. The van der Waals surface area contributed by atoms with Crippen LogP contribution in [-0.2, 0) is 16.2 Å². The number of ether oxygens (including phenoxy) is 1. The van der Waals surface area contributed by atoms with Crippen molar-refractivity contribution in [1.29, 1.82) is 0 Å². The molecule has 6 heteroatoms. The van der Waals surface area contributed by atoms with Crippen molar-refractivity contribution in [3.8, 4) is 62.3 Å². The van der Waals surface area contributed by atoms with Crippen molar-refractivity contribution in [2.24, 2.45) is 0 Å². The molecule has 0 unspecified atom stereocenters. The van der Waals surface area contributed by atoms with Gasteiger partial charge in [0.15, 0.2) is 5.82 Å². The molecule has 0 aliphatic carbocycles. The zero-order valence-corrected chi connectivity index (χ0v) is 40.0. The monoisotopic (exact) mass is 875 g/mol. The van der Waals surface area contributed by atoms with Gasteiger partial charge in [-0.2, -0.15) is 4.68 Å². The molecule has 0 spiro atoms. The van der Waals surface area contributed by atoms with E-state index in [2.05, 4.69) is 254 Å². The number of fused-ring (bicyclic) bond motifs is 3. The number of hydrogen-bond acceptors (Lipinski definition) is 3. The van der Waals surface area contributed by atoms with E-state index in [1.807, 2.05) is 10.9 Å². The molecular weight excluding hydrogens is 819 g/mol. The summed E-state index contributed by atoms with van der Waals surface area (Å²) in [5.74, 6) is 3.09. The maximum atomic E-state index is 7.02. The summed E-state index contributed by atoms with van der Waals surface area (Å²) in [6.45, 7) is 20.2. The van der Waals surface area contributed by atoms with Gasteiger partial charge in [0.2, 0.25) is 0 Å². The summed E-state index contributed by atoms with van der Waals surface area (Å²) in [7, 11) is 0. The fraction of sp³-hybridized carbons (Fsp3) is 0.197. The van der Waals surface area contributed by atoms with E-state index in [4.69, 9.17) is 14.8 Å². The number of hydrogen-bond donors (Lipinski definition) is 0. The molecule has 67 heavy (non-hydrogen) atoms.